The van der Waals surface area contributed by atoms with Crippen LogP contribution in [0.2, 0.25) is 0 Å². The van der Waals surface area contributed by atoms with Crippen LogP contribution in [0.3, 0.4) is 0 Å². The molecule has 0 aliphatic heterocycles. The molecule has 4 N–H and O–H groups in total. The minimum Gasteiger partial charge on any atom is -0.506 e. The Morgan fingerprint density at radius 3 is 2.58 bits per heavy atom. The Bertz CT molecular complexity index is 621. The third-order valence-corrected chi connectivity index (χ3v) is 4.47. The summed E-state index contributed by atoms with van der Waals surface area (Å²) in [5.74, 6) is -0.385. The average molecular weight is 284 g/mol. The van der Waals surface area contributed by atoms with Crippen molar-refractivity contribution < 1.29 is 18.3 Å². The maximum atomic E-state index is 12.0. The number of hydrogen-bond acceptors (Lipinski definition) is 4. The third-order valence-electron chi connectivity index (χ3n) is 3.56. The number of carbonyl (C=O) groups excluding carboxylic acids is 1. The molecule has 19 heavy (non-hydrogen) atoms. The Labute approximate surface area is 111 Å². The van der Waals surface area contributed by atoms with E-state index in [0.717, 1.165) is 18.9 Å². The van der Waals surface area contributed by atoms with Crippen molar-refractivity contribution in [1.29, 1.82) is 0 Å². The number of sulfonamides is 1. The van der Waals surface area contributed by atoms with Gasteiger partial charge in [0.25, 0.3) is 0 Å². The minimum absolute atomic E-state index is 0.0660. The van der Waals surface area contributed by atoms with Gasteiger partial charge in [0.15, 0.2) is 0 Å². The lowest BCUT2D eigenvalue weighted by Crippen LogP contribution is -2.23. The summed E-state index contributed by atoms with van der Waals surface area (Å²) in [7, 11) is -3.87. The summed E-state index contributed by atoms with van der Waals surface area (Å²) in [6, 6.07) is 3.54. The van der Waals surface area contributed by atoms with Gasteiger partial charge < -0.3 is 10.4 Å². The largest absolute Gasteiger partial charge is 0.506 e. The molecule has 6 nitrogen and oxygen atoms in total. The predicted octanol–water partition coefficient (Wildman–Crippen LogP) is 1.17. The van der Waals surface area contributed by atoms with Crippen LogP contribution in [0.15, 0.2) is 23.1 Å². The van der Waals surface area contributed by atoms with Gasteiger partial charge in [-0.05, 0) is 37.5 Å². The van der Waals surface area contributed by atoms with Gasteiger partial charge in [0, 0.05) is 5.41 Å². The van der Waals surface area contributed by atoms with E-state index >= 15 is 0 Å². The van der Waals surface area contributed by atoms with Crippen LogP contribution >= 0.6 is 0 Å². The highest BCUT2D eigenvalue weighted by atomic mass is 32.2. The fourth-order valence-corrected chi connectivity index (χ4v) is 2.48. The zero-order valence-electron chi connectivity index (χ0n) is 10.5. The van der Waals surface area contributed by atoms with Gasteiger partial charge in [-0.25, -0.2) is 13.6 Å². The van der Waals surface area contributed by atoms with Crippen molar-refractivity contribution in [2.24, 2.45) is 10.6 Å². The molecule has 2 rings (SSSR count). The van der Waals surface area contributed by atoms with Gasteiger partial charge in [0.2, 0.25) is 15.9 Å². The first-order valence-corrected chi connectivity index (χ1v) is 7.50. The summed E-state index contributed by atoms with van der Waals surface area (Å²) in [6.45, 7) is 1.92. The number of aromatic hydroxyl groups is 1. The number of hydrogen-bond donors (Lipinski definition) is 3. The smallest absolute Gasteiger partial charge is 0.238 e. The van der Waals surface area contributed by atoms with Crippen LogP contribution < -0.4 is 10.5 Å². The van der Waals surface area contributed by atoms with E-state index in [0.29, 0.717) is 6.42 Å². The maximum Gasteiger partial charge on any atom is 0.238 e. The average Bonchev–Trinajstić information content (AvgIpc) is 3.11. The monoisotopic (exact) mass is 284 g/mol. The molecule has 0 radical (unpaired) electrons. The molecule has 1 aliphatic carbocycles. The van der Waals surface area contributed by atoms with Crippen LogP contribution in [0.1, 0.15) is 26.2 Å². The van der Waals surface area contributed by atoms with E-state index < -0.39 is 10.0 Å². The van der Waals surface area contributed by atoms with Gasteiger partial charge in [-0.2, -0.15) is 0 Å². The number of nitrogens with one attached hydrogen (secondary N) is 1. The molecule has 0 saturated heterocycles. The second kappa shape index (κ2) is 4.50. The van der Waals surface area contributed by atoms with Crippen LogP contribution in [0.4, 0.5) is 5.69 Å². The van der Waals surface area contributed by atoms with Crippen molar-refractivity contribution in [2.75, 3.05) is 5.32 Å². The van der Waals surface area contributed by atoms with E-state index in [4.69, 9.17) is 5.14 Å². The summed E-state index contributed by atoms with van der Waals surface area (Å²) in [4.78, 5) is 11.9. The number of benzene rings is 1. The number of phenolic OH excluding ortho intramolecular Hbond substituents is 1. The van der Waals surface area contributed by atoms with Gasteiger partial charge >= 0.3 is 0 Å². The van der Waals surface area contributed by atoms with Gasteiger partial charge in [0.05, 0.1) is 10.6 Å². The third kappa shape index (κ3) is 2.71. The lowest BCUT2D eigenvalue weighted by Gasteiger charge is -2.14. The fourth-order valence-electron chi connectivity index (χ4n) is 1.94. The van der Waals surface area contributed by atoms with Crippen molar-refractivity contribution in [2.45, 2.75) is 31.1 Å². The number of nitrogens with two attached hydrogens (primary N) is 1. The zero-order valence-corrected chi connectivity index (χ0v) is 11.3. The molecule has 0 heterocycles. The van der Waals surface area contributed by atoms with E-state index in [1.165, 1.54) is 12.1 Å². The highest BCUT2D eigenvalue weighted by Gasteiger charge is 2.48. The molecule has 1 aromatic carbocycles. The van der Waals surface area contributed by atoms with E-state index in [2.05, 4.69) is 5.32 Å². The predicted molar refractivity (Wildman–Crippen MR) is 70.1 cm³/mol. The van der Waals surface area contributed by atoms with Crippen molar-refractivity contribution in [1.82, 2.24) is 0 Å². The number of rotatable bonds is 4. The topological polar surface area (TPSA) is 109 Å². The quantitative estimate of drug-likeness (QED) is 0.721. The van der Waals surface area contributed by atoms with E-state index in [1.54, 1.807) is 0 Å². The lowest BCUT2D eigenvalue weighted by molar-refractivity contribution is -0.121. The molecule has 1 fully saturated rings. The van der Waals surface area contributed by atoms with Gasteiger partial charge in [-0.3, -0.25) is 4.79 Å². The lowest BCUT2D eigenvalue weighted by atomic mass is 10.0. The molecule has 104 valence electrons. The Morgan fingerprint density at radius 1 is 1.47 bits per heavy atom. The molecule has 1 amide bonds. The van der Waals surface area contributed by atoms with Gasteiger partial charge in [-0.1, -0.05) is 6.92 Å². The van der Waals surface area contributed by atoms with Gasteiger partial charge in [-0.15, -0.1) is 0 Å². The first-order valence-electron chi connectivity index (χ1n) is 5.96. The normalized spacial score (nSPS) is 16.9. The van der Waals surface area contributed by atoms with Crippen LogP contribution in [-0.4, -0.2) is 19.4 Å². The summed E-state index contributed by atoms with van der Waals surface area (Å²) in [6.07, 6.45) is 2.34. The second-order valence-corrected chi connectivity index (χ2v) is 6.37. The molecule has 0 spiro atoms. The van der Waals surface area contributed by atoms with Crippen molar-refractivity contribution in [3.05, 3.63) is 18.2 Å². The molecule has 0 atom stereocenters. The zero-order chi connectivity index (χ0) is 14.3. The van der Waals surface area contributed by atoms with Crippen LogP contribution in [0.5, 0.6) is 5.75 Å². The molecular weight excluding hydrogens is 268 g/mol. The van der Waals surface area contributed by atoms with Crippen LogP contribution in [0, 0.1) is 5.41 Å². The molecule has 0 aromatic heterocycles. The van der Waals surface area contributed by atoms with E-state index in [-0.39, 0.29) is 27.7 Å². The van der Waals surface area contributed by atoms with Crippen molar-refractivity contribution >= 4 is 21.6 Å². The maximum absolute atomic E-state index is 12.0. The molecule has 0 bridgehead atoms. The first kappa shape index (κ1) is 13.8. The second-order valence-electron chi connectivity index (χ2n) is 4.81. The highest BCUT2D eigenvalue weighted by Crippen LogP contribution is 2.49. The highest BCUT2D eigenvalue weighted by molar-refractivity contribution is 7.89. The molecule has 0 unspecified atom stereocenters. The molecule has 1 aromatic rings. The summed E-state index contributed by atoms with van der Waals surface area (Å²) in [5.41, 5.74) is -0.305. The molecule has 7 heteroatoms. The SMILES string of the molecule is CCC1(C(=O)Nc2cc(S(N)(=O)=O)ccc2O)CC1. The number of amides is 1. The first-order chi connectivity index (χ1) is 8.78. The standard InChI is InChI=1S/C12H16N2O4S/c1-2-12(5-6-12)11(16)14-9-7-8(19(13,17)18)3-4-10(9)15/h3-4,7,15H,2,5-6H2,1H3,(H,14,16)(H2,13,17,18). The fraction of sp³-hybridized carbons (Fsp3) is 0.417. The number of carbonyl (C=O) groups is 1. The summed E-state index contributed by atoms with van der Waals surface area (Å²) in [5, 5.41) is 17.2. The van der Waals surface area contributed by atoms with Crippen LogP contribution in [-0.2, 0) is 14.8 Å². The Kier molecular flexibility index (Phi) is 3.27. The van der Waals surface area contributed by atoms with Gasteiger partial charge in [0.1, 0.15) is 5.75 Å². The number of anilines is 1. The Morgan fingerprint density at radius 2 is 2.11 bits per heavy atom. The van der Waals surface area contributed by atoms with E-state index in [9.17, 15) is 18.3 Å². The van der Waals surface area contributed by atoms with E-state index in [1.807, 2.05) is 6.92 Å². The van der Waals surface area contributed by atoms with Crippen molar-refractivity contribution in [3.63, 3.8) is 0 Å². The minimum atomic E-state index is -3.87. The Hall–Kier alpha value is -1.60. The summed E-state index contributed by atoms with van der Waals surface area (Å²) < 4.78 is 22.5. The van der Waals surface area contributed by atoms with Crippen LogP contribution in [0.25, 0.3) is 0 Å². The molecule has 1 saturated carbocycles. The molecule has 1 aliphatic rings. The number of primary sulfonamides is 1. The number of phenols is 1. The van der Waals surface area contributed by atoms with Crippen molar-refractivity contribution in [3.8, 4) is 5.75 Å². The summed E-state index contributed by atoms with van der Waals surface area (Å²) >= 11 is 0. The molecular formula is C12H16N2O4S. The Balaban J connectivity index is 2.28.